The second-order valence-corrected chi connectivity index (χ2v) is 3.29. The molecular formula is C8H14NO3+. The molecule has 0 saturated carbocycles. The zero-order valence-corrected chi connectivity index (χ0v) is 7.66. The fourth-order valence-corrected chi connectivity index (χ4v) is 1.78. The summed E-state index contributed by atoms with van der Waals surface area (Å²) < 4.78 is 4.74. The Labute approximate surface area is 71.7 Å². The first-order valence-electron chi connectivity index (χ1n) is 4.02. The SMILES string of the molecule is CCC1C(=O)C[N+]1(C)C(=O)OC. The van der Waals surface area contributed by atoms with Crippen LogP contribution in [0.5, 0.6) is 0 Å². The van der Waals surface area contributed by atoms with Crippen LogP contribution in [0.15, 0.2) is 0 Å². The molecule has 0 aromatic rings. The van der Waals surface area contributed by atoms with E-state index in [1.165, 1.54) is 7.11 Å². The second kappa shape index (κ2) is 2.86. The van der Waals surface area contributed by atoms with Gasteiger partial charge in [-0.3, -0.25) is 4.79 Å². The van der Waals surface area contributed by atoms with Crippen LogP contribution in [-0.2, 0) is 9.53 Å². The maximum absolute atomic E-state index is 11.2. The number of carbonyl (C=O) groups is 2. The van der Waals surface area contributed by atoms with E-state index in [1.54, 1.807) is 7.05 Å². The second-order valence-electron chi connectivity index (χ2n) is 3.29. The van der Waals surface area contributed by atoms with Crippen LogP contribution in [0, 0.1) is 0 Å². The fraction of sp³-hybridized carbons (Fsp3) is 0.750. The third-order valence-electron chi connectivity index (χ3n) is 2.52. The van der Waals surface area contributed by atoms with Crippen LogP contribution in [0.2, 0.25) is 0 Å². The molecule has 0 N–H and O–H groups in total. The highest BCUT2D eigenvalue weighted by molar-refractivity contribution is 5.91. The van der Waals surface area contributed by atoms with E-state index in [1.807, 2.05) is 6.92 Å². The van der Waals surface area contributed by atoms with Gasteiger partial charge in [0.25, 0.3) is 0 Å². The summed E-state index contributed by atoms with van der Waals surface area (Å²) in [7, 11) is 3.09. The van der Waals surface area contributed by atoms with Crippen molar-refractivity contribution in [3.63, 3.8) is 0 Å². The molecular weight excluding hydrogens is 158 g/mol. The lowest BCUT2D eigenvalue weighted by molar-refractivity contribution is -0.871. The molecule has 0 spiro atoms. The molecule has 1 fully saturated rings. The molecule has 0 aromatic heterocycles. The van der Waals surface area contributed by atoms with Crippen LogP contribution in [0.4, 0.5) is 4.79 Å². The van der Waals surface area contributed by atoms with E-state index in [0.717, 1.165) is 0 Å². The Bertz CT molecular complexity index is 226. The molecule has 1 heterocycles. The van der Waals surface area contributed by atoms with Gasteiger partial charge in [-0.2, -0.15) is 4.79 Å². The number of likely N-dealkylation sites (N-methyl/N-ethyl adjacent to an activating group) is 1. The molecule has 1 amide bonds. The number of hydrogen-bond acceptors (Lipinski definition) is 3. The molecule has 1 saturated heterocycles. The average Bonchev–Trinajstić information content (AvgIpc) is 2.02. The van der Waals surface area contributed by atoms with Crippen molar-refractivity contribution < 1.29 is 18.8 Å². The highest BCUT2D eigenvalue weighted by atomic mass is 16.5. The number of Topliss-reactive ketones (excluding diaryl/α,β-unsaturated/α-hetero) is 1. The van der Waals surface area contributed by atoms with Gasteiger partial charge in [0.2, 0.25) is 5.78 Å². The van der Waals surface area contributed by atoms with Crippen molar-refractivity contribution in [1.29, 1.82) is 0 Å². The van der Waals surface area contributed by atoms with Gasteiger partial charge >= 0.3 is 6.09 Å². The molecule has 0 radical (unpaired) electrons. The number of methoxy groups -OCH3 is 1. The molecule has 4 nitrogen and oxygen atoms in total. The van der Waals surface area contributed by atoms with Gasteiger partial charge in [-0.05, 0) is 0 Å². The summed E-state index contributed by atoms with van der Waals surface area (Å²) in [4.78, 5) is 22.3. The van der Waals surface area contributed by atoms with Crippen molar-refractivity contribution in [3.05, 3.63) is 0 Å². The summed E-state index contributed by atoms with van der Waals surface area (Å²) in [6.07, 6.45) is 0.381. The number of amides is 1. The molecule has 12 heavy (non-hydrogen) atoms. The minimum atomic E-state index is -0.318. The molecule has 2 atom stereocenters. The average molecular weight is 172 g/mol. The Balaban J connectivity index is 2.74. The molecule has 4 heteroatoms. The maximum atomic E-state index is 11.2. The van der Waals surface area contributed by atoms with Crippen LogP contribution in [0.1, 0.15) is 13.3 Å². The Morgan fingerprint density at radius 3 is 2.67 bits per heavy atom. The van der Waals surface area contributed by atoms with E-state index >= 15 is 0 Å². The van der Waals surface area contributed by atoms with Gasteiger partial charge in [0.1, 0.15) is 0 Å². The summed E-state index contributed by atoms with van der Waals surface area (Å²) in [5.74, 6) is 0.158. The van der Waals surface area contributed by atoms with Crippen molar-refractivity contribution in [2.45, 2.75) is 19.4 Å². The van der Waals surface area contributed by atoms with Crippen LogP contribution < -0.4 is 0 Å². The first-order valence-corrected chi connectivity index (χ1v) is 4.02. The van der Waals surface area contributed by atoms with E-state index in [-0.39, 0.29) is 28.9 Å². The fourth-order valence-electron chi connectivity index (χ4n) is 1.78. The first-order chi connectivity index (χ1) is 5.56. The number of likely N-dealkylation sites (tertiary alicyclic amines) is 1. The number of nitrogens with zero attached hydrogens (tertiary/aromatic N) is 1. The van der Waals surface area contributed by atoms with Crippen molar-refractivity contribution in [1.82, 2.24) is 0 Å². The highest BCUT2D eigenvalue weighted by Crippen LogP contribution is 2.26. The normalized spacial score (nSPS) is 34.2. The lowest BCUT2D eigenvalue weighted by Crippen LogP contribution is -2.71. The largest absolute Gasteiger partial charge is 0.516 e. The van der Waals surface area contributed by atoms with Crippen LogP contribution in [0.3, 0.4) is 0 Å². The Hall–Kier alpha value is -0.900. The van der Waals surface area contributed by atoms with E-state index in [0.29, 0.717) is 6.42 Å². The first kappa shape index (κ1) is 9.19. The number of ether oxygens (including phenoxy) is 1. The molecule has 1 aliphatic heterocycles. The van der Waals surface area contributed by atoms with Crippen molar-refractivity contribution >= 4 is 11.9 Å². The molecule has 68 valence electrons. The molecule has 0 aliphatic carbocycles. The number of hydrogen-bond donors (Lipinski definition) is 0. The topological polar surface area (TPSA) is 43.4 Å². The van der Waals surface area contributed by atoms with Gasteiger partial charge in [-0.25, -0.2) is 4.48 Å². The van der Waals surface area contributed by atoms with Gasteiger partial charge < -0.3 is 4.74 Å². The van der Waals surface area contributed by atoms with E-state index < -0.39 is 0 Å². The van der Waals surface area contributed by atoms with Crippen LogP contribution in [0.25, 0.3) is 0 Å². The number of ketones is 1. The lowest BCUT2D eigenvalue weighted by atomic mass is 9.96. The quantitative estimate of drug-likeness (QED) is 0.543. The molecule has 0 aromatic carbocycles. The van der Waals surface area contributed by atoms with E-state index in [9.17, 15) is 9.59 Å². The lowest BCUT2D eigenvalue weighted by Gasteiger charge is -2.43. The third-order valence-corrected chi connectivity index (χ3v) is 2.52. The van der Waals surface area contributed by atoms with Crippen LogP contribution in [-0.4, -0.2) is 43.1 Å². The summed E-state index contributed by atoms with van der Waals surface area (Å²) in [6, 6.07) is -0.183. The van der Waals surface area contributed by atoms with Crippen LogP contribution >= 0.6 is 0 Å². The zero-order valence-electron chi connectivity index (χ0n) is 7.66. The molecule has 2 unspecified atom stereocenters. The number of quaternary nitrogens is 1. The Morgan fingerprint density at radius 2 is 2.33 bits per heavy atom. The summed E-state index contributed by atoms with van der Waals surface area (Å²) in [6.45, 7) is 2.19. The summed E-state index contributed by atoms with van der Waals surface area (Å²) in [5, 5.41) is 0. The number of carbonyl (C=O) groups excluding carboxylic acids is 2. The van der Waals surface area contributed by atoms with E-state index in [2.05, 4.69) is 4.74 Å². The monoisotopic (exact) mass is 172 g/mol. The smallest absolute Gasteiger partial charge is 0.423 e. The van der Waals surface area contributed by atoms with Gasteiger partial charge in [0, 0.05) is 6.42 Å². The van der Waals surface area contributed by atoms with Crippen molar-refractivity contribution in [2.24, 2.45) is 0 Å². The maximum Gasteiger partial charge on any atom is 0.516 e. The predicted molar refractivity (Wildman–Crippen MR) is 42.5 cm³/mol. The van der Waals surface area contributed by atoms with Crippen molar-refractivity contribution in [3.8, 4) is 0 Å². The molecule has 0 bridgehead atoms. The van der Waals surface area contributed by atoms with Gasteiger partial charge in [-0.15, -0.1) is 0 Å². The summed E-state index contributed by atoms with van der Waals surface area (Å²) in [5.41, 5.74) is 0. The predicted octanol–water partition coefficient (Wildman–Crippen LogP) is 0.561. The third kappa shape index (κ3) is 1.03. The van der Waals surface area contributed by atoms with Gasteiger partial charge in [0.05, 0.1) is 14.2 Å². The van der Waals surface area contributed by atoms with Gasteiger partial charge in [-0.1, -0.05) is 6.92 Å². The van der Waals surface area contributed by atoms with E-state index in [4.69, 9.17) is 0 Å². The Kier molecular flexibility index (Phi) is 2.19. The minimum Gasteiger partial charge on any atom is -0.423 e. The zero-order chi connectivity index (χ0) is 9.35. The van der Waals surface area contributed by atoms with Crippen molar-refractivity contribution in [2.75, 3.05) is 20.7 Å². The minimum absolute atomic E-state index is 0.117. The standard InChI is InChI=1S/C8H14NO3/c1-4-6-7(10)5-9(6,2)8(11)12-3/h6H,4-5H2,1-3H3/q+1. The highest BCUT2D eigenvalue weighted by Gasteiger charge is 2.56. The Morgan fingerprint density at radius 1 is 1.75 bits per heavy atom. The molecule has 1 aliphatic rings. The number of rotatable bonds is 1. The van der Waals surface area contributed by atoms with Gasteiger partial charge in [0.15, 0.2) is 12.6 Å². The molecule has 1 rings (SSSR count). The summed E-state index contributed by atoms with van der Waals surface area (Å²) >= 11 is 0.